The standard InChI is InChI=1S/C17H27N3O/c1-14(21)12-17-8-4-5-10-19(17)13-15-9-11-20(18-15)16-6-2-3-7-16/h9,11,16-17H,2-8,10,12-13H2,1H3. The molecule has 1 saturated carbocycles. The summed E-state index contributed by atoms with van der Waals surface area (Å²) in [6.45, 7) is 3.72. The minimum Gasteiger partial charge on any atom is -0.300 e. The zero-order valence-corrected chi connectivity index (χ0v) is 13.1. The van der Waals surface area contributed by atoms with Crippen molar-refractivity contribution >= 4 is 5.78 Å². The predicted octanol–water partition coefficient (Wildman–Crippen LogP) is 3.33. The second kappa shape index (κ2) is 6.73. The summed E-state index contributed by atoms with van der Waals surface area (Å²) in [5.41, 5.74) is 1.16. The molecule has 1 saturated heterocycles. The first-order valence-electron chi connectivity index (χ1n) is 8.50. The summed E-state index contributed by atoms with van der Waals surface area (Å²) < 4.78 is 2.17. The maximum Gasteiger partial charge on any atom is 0.131 e. The van der Waals surface area contributed by atoms with Gasteiger partial charge in [0.05, 0.1) is 11.7 Å². The molecule has 3 rings (SSSR count). The highest BCUT2D eigenvalue weighted by Gasteiger charge is 2.24. The third-order valence-corrected chi connectivity index (χ3v) is 5.00. The molecule has 1 aliphatic heterocycles. The monoisotopic (exact) mass is 289 g/mol. The quantitative estimate of drug-likeness (QED) is 0.834. The Balaban J connectivity index is 1.62. The van der Waals surface area contributed by atoms with Crippen LogP contribution in [0.25, 0.3) is 0 Å². The molecule has 1 aromatic heterocycles. The van der Waals surface area contributed by atoms with Gasteiger partial charge in [-0.25, -0.2) is 0 Å². The fourth-order valence-electron chi connectivity index (χ4n) is 3.87. The molecule has 0 amide bonds. The predicted molar refractivity (Wildman–Crippen MR) is 83.1 cm³/mol. The largest absolute Gasteiger partial charge is 0.300 e. The summed E-state index contributed by atoms with van der Waals surface area (Å²) in [5, 5.41) is 4.79. The van der Waals surface area contributed by atoms with Crippen LogP contribution in [-0.4, -0.2) is 33.1 Å². The van der Waals surface area contributed by atoms with Gasteiger partial charge in [0.2, 0.25) is 0 Å². The van der Waals surface area contributed by atoms with E-state index in [0.29, 0.717) is 24.3 Å². The van der Waals surface area contributed by atoms with Gasteiger partial charge in [-0.2, -0.15) is 5.10 Å². The zero-order valence-electron chi connectivity index (χ0n) is 13.1. The van der Waals surface area contributed by atoms with Crippen LogP contribution in [0.5, 0.6) is 0 Å². The minimum absolute atomic E-state index is 0.309. The van der Waals surface area contributed by atoms with Gasteiger partial charge in [0.15, 0.2) is 0 Å². The number of rotatable bonds is 5. The first-order chi connectivity index (χ1) is 10.2. The molecular formula is C17H27N3O. The highest BCUT2D eigenvalue weighted by molar-refractivity contribution is 5.76. The lowest BCUT2D eigenvalue weighted by Crippen LogP contribution is -2.40. The molecule has 2 heterocycles. The number of piperidine rings is 1. The van der Waals surface area contributed by atoms with E-state index in [0.717, 1.165) is 25.2 Å². The van der Waals surface area contributed by atoms with Crippen LogP contribution in [0.4, 0.5) is 0 Å². The van der Waals surface area contributed by atoms with E-state index in [4.69, 9.17) is 5.10 Å². The maximum atomic E-state index is 11.4. The average Bonchev–Trinajstić information content (AvgIpc) is 3.11. The molecule has 1 aromatic rings. The van der Waals surface area contributed by atoms with E-state index >= 15 is 0 Å². The summed E-state index contributed by atoms with van der Waals surface area (Å²) in [4.78, 5) is 13.9. The number of hydrogen-bond acceptors (Lipinski definition) is 3. The zero-order chi connectivity index (χ0) is 14.7. The van der Waals surface area contributed by atoms with E-state index in [1.54, 1.807) is 6.92 Å². The van der Waals surface area contributed by atoms with E-state index in [2.05, 4.69) is 21.8 Å². The van der Waals surface area contributed by atoms with Crippen molar-refractivity contribution in [3.05, 3.63) is 18.0 Å². The van der Waals surface area contributed by atoms with Crippen molar-refractivity contribution in [2.45, 2.75) is 76.9 Å². The SMILES string of the molecule is CC(=O)CC1CCCCN1Cc1ccn(C2CCCC2)n1. The van der Waals surface area contributed by atoms with Crippen molar-refractivity contribution in [2.75, 3.05) is 6.54 Å². The summed E-state index contributed by atoms with van der Waals surface area (Å²) in [7, 11) is 0. The molecule has 0 aromatic carbocycles. The lowest BCUT2D eigenvalue weighted by Gasteiger charge is -2.34. The summed E-state index contributed by atoms with van der Waals surface area (Å²) >= 11 is 0. The van der Waals surface area contributed by atoms with Crippen molar-refractivity contribution in [1.29, 1.82) is 0 Å². The first kappa shape index (κ1) is 14.8. The molecule has 2 aliphatic rings. The Morgan fingerprint density at radius 2 is 2.00 bits per heavy atom. The highest BCUT2D eigenvalue weighted by Crippen LogP contribution is 2.29. The topological polar surface area (TPSA) is 38.1 Å². The summed E-state index contributed by atoms with van der Waals surface area (Å²) in [6.07, 6.45) is 11.7. The second-order valence-corrected chi connectivity index (χ2v) is 6.75. The number of ketones is 1. The van der Waals surface area contributed by atoms with Crippen molar-refractivity contribution < 1.29 is 4.79 Å². The van der Waals surface area contributed by atoms with Gasteiger partial charge < -0.3 is 0 Å². The number of carbonyl (C=O) groups excluding carboxylic acids is 1. The lowest BCUT2D eigenvalue weighted by molar-refractivity contribution is -0.118. The van der Waals surface area contributed by atoms with Gasteiger partial charge in [-0.3, -0.25) is 14.4 Å². The summed E-state index contributed by atoms with van der Waals surface area (Å²) in [6, 6.07) is 3.21. The Bertz CT molecular complexity index is 476. The van der Waals surface area contributed by atoms with Gasteiger partial charge in [0.1, 0.15) is 5.78 Å². The molecular weight excluding hydrogens is 262 g/mol. The number of Topliss-reactive ketones (excluding diaryl/α,β-unsaturated/α-hetero) is 1. The van der Waals surface area contributed by atoms with Crippen LogP contribution in [0.15, 0.2) is 12.3 Å². The molecule has 0 N–H and O–H groups in total. The smallest absolute Gasteiger partial charge is 0.131 e. The van der Waals surface area contributed by atoms with Crippen LogP contribution < -0.4 is 0 Å². The number of aromatic nitrogens is 2. The van der Waals surface area contributed by atoms with Crippen molar-refractivity contribution in [1.82, 2.24) is 14.7 Å². The van der Waals surface area contributed by atoms with Gasteiger partial charge in [-0.1, -0.05) is 19.3 Å². The van der Waals surface area contributed by atoms with E-state index in [-0.39, 0.29) is 0 Å². The Labute approximate surface area is 127 Å². The van der Waals surface area contributed by atoms with Crippen LogP contribution in [0, 0.1) is 0 Å². The fraction of sp³-hybridized carbons (Fsp3) is 0.765. The molecule has 2 fully saturated rings. The van der Waals surface area contributed by atoms with Crippen LogP contribution in [-0.2, 0) is 11.3 Å². The van der Waals surface area contributed by atoms with Gasteiger partial charge in [0, 0.05) is 25.2 Å². The highest BCUT2D eigenvalue weighted by atomic mass is 16.1. The molecule has 21 heavy (non-hydrogen) atoms. The Hall–Kier alpha value is -1.16. The summed E-state index contributed by atoms with van der Waals surface area (Å²) in [5.74, 6) is 0.309. The Morgan fingerprint density at radius 3 is 2.76 bits per heavy atom. The van der Waals surface area contributed by atoms with Gasteiger partial charge in [-0.05, 0) is 45.2 Å². The minimum atomic E-state index is 0.309. The van der Waals surface area contributed by atoms with Crippen LogP contribution in [0.1, 0.15) is 70.0 Å². The number of hydrogen-bond donors (Lipinski definition) is 0. The molecule has 1 atom stereocenters. The molecule has 4 nitrogen and oxygen atoms in total. The van der Waals surface area contributed by atoms with Crippen LogP contribution in [0.3, 0.4) is 0 Å². The maximum absolute atomic E-state index is 11.4. The van der Waals surface area contributed by atoms with Crippen LogP contribution >= 0.6 is 0 Å². The van der Waals surface area contributed by atoms with Crippen molar-refractivity contribution in [3.8, 4) is 0 Å². The van der Waals surface area contributed by atoms with Gasteiger partial charge in [0.25, 0.3) is 0 Å². The third-order valence-electron chi connectivity index (χ3n) is 5.00. The van der Waals surface area contributed by atoms with E-state index < -0.39 is 0 Å². The lowest BCUT2D eigenvalue weighted by atomic mass is 9.97. The van der Waals surface area contributed by atoms with Crippen molar-refractivity contribution in [3.63, 3.8) is 0 Å². The normalized spacial score (nSPS) is 24.5. The number of likely N-dealkylation sites (tertiary alicyclic amines) is 1. The van der Waals surface area contributed by atoms with E-state index in [1.807, 2.05) is 0 Å². The van der Waals surface area contributed by atoms with Crippen molar-refractivity contribution in [2.24, 2.45) is 0 Å². The molecule has 0 radical (unpaired) electrons. The average molecular weight is 289 g/mol. The Morgan fingerprint density at radius 1 is 1.24 bits per heavy atom. The number of nitrogens with zero attached hydrogens (tertiary/aromatic N) is 3. The third kappa shape index (κ3) is 3.73. The second-order valence-electron chi connectivity index (χ2n) is 6.75. The molecule has 0 spiro atoms. The fourth-order valence-corrected chi connectivity index (χ4v) is 3.87. The number of carbonyl (C=O) groups is 1. The molecule has 1 unspecified atom stereocenters. The first-order valence-corrected chi connectivity index (χ1v) is 8.50. The molecule has 1 aliphatic carbocycles. The molecule has 4 heteroatoms. The van der Waals surface area contributed by atoms with E-state index in [9.17, 15) is 4.79 Å². The Kier molecular flexibility index (Phi) is 4.73. The van der Waals surface area contributed by atoms with E-state index in [1.165, 1.54) is 38.5 Å². The van der Waals surface area contributed by atoms with Crippen LogP contribution in [0.2, 0.25) is 0 Å². The molecule has 0 bridgehead atoms. The van der Waals surface area contributed by atoms with Gasteiger partial charge >= 0.3 is 0 Å². The van der Waals surface area contributed by atoms with Gasteiger partial charge in [-0.15, -0.1) is 0 Å². The molecule has 116 valence electrons.